The molecule has 3 nitrogen and oxygen atoms in total. The first-order chi connectivity index (χ1) is 5.05. The molecule has 1 saturated heterocycles. The van der Waals surface area contributed by atoms with Crippen LogP contribution in [0.15, 0.2) is 0 Å². The number of ether oxygens (including phenoxy) is 1. The standard InChI is InChI=1S/C6H10F2N2O/c7-6(8,5(9)10)4-1-2-11-3-4/h4H,1-3H2,(H3,9,10). The summed E-state index contributed by atoms with van der Waals surface area (Å²) in [4.78, 5) is 0. The topological polar surface area (TPSA) is 59.1 Å². The van der Waals surface area contributed by atoms with E-state index in [9.17, 15) is 8.78 Å². The first kappa shape index (κ1) is 8.39. The Bertz CT molecular complexity index is 166. The van der Waals surface area contributed by atoms with Gasteiger partial charge in [-0.1, -0.05) is 0 Å². The number of rotatable bonds is 2. The zero-order chi connectivity index (χ0) is 8.48. The Morgan fingerprint density at radius 2 is 2.27 bits per heavy atom. The van der Waals surface area contributed by atoms with Gasteiger partial charge in [-0.2, -0.15) is 8.78 Å². The summed E-state index contributed by atoms with van der Waals surface area (Å²) in [7, 11) is 0. The van der Waals surface area contributed by atoms with E-state index in [1.54, 1.807) is 0 Å². The van der Waals surface area contributed by atoms with Gasteiger partial charge in [0.05, 0.1) is 12.5 Å². The zero-order valence-electron chi connectivity index (χ0n) is 5.94. The van der Waals surface area contributed by atoms with Gasteiger partial charge in [-0.05, 0) is 6.42 Å². The average molecular weight is 164 g/mol. The highest BCUT2D eigenvalue weighted by Crippen LogP contribution is 2.30. The molecule has 1 rings (SSSR count). The normalized spacial score (nSPS) is 25.5. The van der Waals surface area contributed by atoms with E-state index < -0.39 is 17.7 Å². The van der Waals surface area contributed by atoms with Crippen molar-refractivity contribution < 1.29 is 13.5 Å². The molecule has 0 saturated carbocycles. The molecule has 3 N–H and O–H groups in total. The lowest BCUT2D eigenvalue weighted by molar-refractivity contribution is 0.00547. The van der Waals surface area contributed by atoms with Gasteiger partial charge in [0.1, 0.15) is 0 Å². The third-order valence-corrected chi connectivity index (χ3v) is 1.80. The van der Waals surface area contributed by atoms with E-state index >= 15 is 0 Å². The van der Waals surface area contributed by atoms with Crippen LogP contribution in [0.2, 0.25) is 0 Å². The molecule has 0 aromatic carbocycles. The highest BCUT2D eigenvalue weighted by Gasteiger charge is 2.44. The highest BCUT2D eigenvalue weighted by atomic mass is 19.3. The van der Waals surface area contributed by atoms with Crippen molar-refractivity contribution >= 4 is 5.84 Å². The monoisotopic (exact) mass is 164 g/mol. The lowest BCUT2D eigenvalue weighted by Crippen LogP contribution is -2.42. The lowest BCUT2D eigenvalue weighted by atomic mass is 10.0. The second-order valence-electron chi connectivity index (χ2n) is 2.60. The molecule has 0 bridgehead atoms. The van der Waals surface area contributed by atoms with Gasteiger partial charge >= 0.3 is 5.92 Å². The Hall–Kier alpha value is -0.710. The number of alkyl halides is 2. The molecule has 1 aliphatic rings. The Balaban J connectivity index is 2.62. The van der Waals surface area contributed by atoms with Crippen LogP contribution in [-0.2, 0) is 4.74 Å². The predicted molar refractivity (Wildman–Crippen MR) is 35.8 cm³/mol. The fourth-order valence-corrected chi connectivity index (χ4v) is 1.04. The molecule has 11 heavy (non-hydrogen) atoms. The fourth-order valence-electron chi connectivity index (χ4n) is 1.04. The number of hydrogen-bond donors (Lipinski definition) is 2. The van der Waals surface area contributed by atoms with Crippen LogP contribution in [0.3, 0.4) is 0 Å². The quantitative estimate of drug-likeness (QED) is 0.463. The molecule has 5 heteroatoms. The molecule has 0 spiro atoms. The van der Waals surface area contributed by atoms with Crippen molar-refractivity contribution in [1.82, 2.24) is 0 Å². The van der Waals surface area contributed by atoms with E-state index in [4.69, 9.17) is 15.9 Å². The molecular weight excluding hydrogens is 154 g/mol. The van der Waals surface area contributed by atoms with E-state index in [2.05, 4.69) is 0 Å². The van der Waals surface area contributed by atoms with E-state index in [-0.39, 0.29) is 13.0 Å². The van der Waals surface area contributed by atoms with Gasteiger partial charge in [-0.25, -0.2) is 0 Å². The number of nitrogens with one attached hydrogen (secondary N) is 1. The minimum Gasteiger partial charge on any atom is -0.383 e. The molecule has 1 fully saturated rings. The molecular formula is C6H10F2N2O. The van der Waals surface area contributed by atoms with Crippen molar-refractivity contribution in [2.45, 2.75) is 12.3 Å². The minimum atomic E-state index is -3.18. The Morgan fingerprint density at radius 1 is 1.64 bits per heavy atom. The third kappa shape index (κ3) is 1.48. The number of nitrogens with two attached hydrogens (primary N) is 1. The van der Waals surface area contributed by atoms with Gasteiger partial charge in [0.15, 0.2) is 5.84 Å². The van der Waals surface area contributed by atoms with Crippen LogP contribution in [-0.4, -0.2) is 25.0 Å². The van der Waals surface area contributed by atoms with E-state index in [1.807, 2.05) is 0 Å². The number of halogens is 2. The van der Waals surface area contributed by atoms with Crippen molar-refractivity contribution in [2.24, 2.45) is 11.7 Å². The maximum absolute atomic E-state index is 12.8. The first-order valence-electron chi connectivity index (χ1n) is 3.35. The number of hydrogen-bond acceptors (Lipinski definition) is 2. The summed E-state index contributed by atoms with van der Waals surface area (Å²) in [5.41, 5.74) is 4.73. The summed E-state index contributed by atoms with van der Waals surface area (Å²) in [6.07, 6.45) is 0.284. The summed E-state index contributed by atoms with van der Waals surface area (Å²) >= 11 is 0. The van der Waals surface area contributed by atoms with Crippen molar-refractivity contribution in [3.63, 3.8) is 0 Å². The van der Waals surface area contributed by atoms with E-state index in [0.29, 0.717) is 6.61 Å². The van der Waals surface area contributed by atoms with Crippen molar-refractivity contribution in [1.29, 1.82) is 5.41 Å². The highest BCUT2D eigenvalue weighted by molar-refractivity contribution is 5.84. The van der Waals surface area contributed by atoms with Gasteiger partial charge in [0, 0.05) is 6.61 Å². The van der Waals surface area contributed by atoms with Crippen LogP contribution in [0.1, 0.15) is 6.42 Å². The Labute approximate surface area is 63.0 Å². The smallest absolute Gasteiger partial charge is 0.308 e. The van der Waals surface area contributed by atoms with Crippen LogP contribution >= 0.6 is 0 Å². The van der Waals surface area contributed by atoms with Crippen LogP contribution in [0.5, 0.6) is 0 Å². The van der Waals surface area contributed by atoms with E-state index in [1.165, 1.54) is 0 Å². The SMILES string of the molecule is N=C(N)C(F)(F)C1CCOC1. The lowest BCUT2D eigenvalue weighted by Gasteiger charge is -2.19. The molecule has 64 valence electrons. The summed E-state index contributed by atoms with van der Waals surface area (Å²) in [5, 5.41) is 6.63. The summed E-state index contributed by atoms with van der Waals surface area (Å²) in [6.45, 7) is 0.347. The van der Waals surface area contributed by atoms with Gasteiger partial charge in [0.25, 0.3) is 0 Å². The minimum absolute atomic E-state index is 0.00653. The molecule has 1 unspecified atom stereocenters. The fraction of sp³-hybridized carbons (Fsp3) is 0.833. The second kappa shape index (κ2) is 2.73. The van der Waals surface area contributed by atoms with E-state index in [0.717, 1.165) is 0 Å². The molecule has 1 atom stereocenters. The number of amidine groups is 1. The summed E-state index contributed by atoms with van der Waals surface area (Å²) in [5.74, 6) is -5.15. The van der Waals surface area contributed by atoms with Gasteiger partial charge in [-0.3, -0.25) is 5.41 Å². The third-order valence-electron chi connectivity index (χ3n) is 1.80. The molecule has 1 aliphatic heterocycles. The average Bonchev–Trinajstić information content (AvgIpc) is 2.37. The molecule has 0 radical (unpaired) electrons. The van der Waals surface area contributed by atoms with Gasteiger partial charge in [0.2, 0.25) is 0 Å². The van der Waals surface area contributed by atoms with Crippen LogP contribution in [0.25, 0.3) is 0 Å². The van der Waals surface area contributed by atoms with Crippen molar-refractivity contribution in [2.75, 3.05) is 13.2 Å². The van der Waals surface area contributed by atoms with Crippen molar-refractivity contribution in [3.8, 4) is 0 Å². The van der Waals surface area contributed by atoms with Crippen LogP contribution in [0, 0.1) is 11.3 Å². The summed E-state index contributed by atoms with van der Waals surface area (Å²) < 4.78 is 30.4. The molecule has 0 aromatic heterocycles. The molecule has 0 aromatic rings. The Morgan fingerprint density at radius 3 is 2.64 bits per heavy atom. The molecule has 0 aliphatic carbocycles. The maximum atomic E-state index is 12.8. The second-order valence-corrected chi connectivity index (χ2v) is 2.60. The largest absolute Gasteiger partial charge is 0.383 e. The Kier molecular flexibility index (Phi) is 2.08. The van der Waals surface area contributed by atoms with Crippen molar-refractivity contribution in [3.05, 3.63) is 0 Å². The summed E-state index contributed by atoms with van der Waals surface area (Å²) in [6, 6.07) is 0. The van der Waals surface area contributed by atoms with Crippen LogP contribution in [0.4, 0.5) is 8.78 Å². The molecule has 1 heterocycles. The van der Waals surface area contributed by atoms with Crippen LogP contribution < -0.4 is 5.73 Å². The molecule has 0 amide bonds. The van der Waals surface area contributed by atoms with Gasteiger partial charge in [-0.15, -0.1) is 0 Å². The zero-order valence-corrected chi connectivity index (χ0v) is 5.94. The predicted octanol–water partition coefficient (Wildman–Crippen LogP) is 0.594. The first-order valence-corrected chi connectivity index (χ1v) is 3.35. The van der Waals surface area contributed by atoms with Gasteiger partial charge < -0.3 is 10.5 Å². The maximum Gasteiger partial charge on any atom is 0.308 e.